The Labute approximate surface area is 122 Å². The molecular weight excluding hydrogens is 250 g/mol. The Morgan fingerprint density at radius 3 is 2.65 bits per heavy atom. The third-order valence-corrected chi connectivity index (χ3v) is 4.18. The number of piperazine rings is 1. The second-order valence-electron chi connectivity index (χ2n) is 5.83. The van der Waals surface area contributed by atoms with E-state index in [2.05, 4.69) is 55.0 Å². The predicted molar refractivity (Wildman–Crippen MR) is 83.3 cm³/mol. The van der Waals surface area contributed by atoms with Crippen molar-refractivity contribution in [2.45, 2.75) is 33.2 Å². The molecule has 112 valence electrons. The molecule has 2 heterocycles. The molecule has 0 saturated carbocycles. The van der Waals surface area contributed by atoms with E-state index in [1.807, 2.05) is 0 Å². The molecule has 0 amide bonds. The zero-order valence-electron chi connectivity index (χ0n) is 13.4. The van der Waals surface area contributed by atoms with Crippen molar-refractivity contribution in [1.82, 2.24) is 19.8 Å². The van der Waals surface area contributed by atoms with Crippen molar-refractivity contribution in [1.29, 1.82) is 0 Å². The number of aryl methyl sites for hydroxylation is 1. The summed E-state index contributed by atoms with van der Waals surface area (Å²) >= 11 is 0. The number of likely N-dealkylation sites (N-methyl/N-ethyl adjacent to an activating group) is 2. The Hall–Kier alpha value is -1.20. The molecule has 2 rings (SSSR count). The van der Waals surface area contributed by atoms with Crippen LogP contribution in [0.3, 0.4) is 0 Å². The van der Waals surface area contributed by atoms with E-state index in [0.29, 0.717) is 6.04 Å². The molecule has 0 aliphatic carbocycles. The molecule has 5 heteroatoms. The molecular formula is C15H27N5. The fraction of sp³-hybridized carbons (Fsp3) is 0.733. The van der Waals surface area contributed by atoms with E-state index in [9.17, 15) is 0 Å². The van der Waals surface area contributed by atoms with Crippen LogP contribution in [0.4, 0.5) is 5.82 Å². The first-order valence-electron chi connectivity index (χ1n) is 7.48. The van der Waals surface area contributed by atoms with Crippen molar-refractivity contribution < 1.29 is 0 Å². The van der Waals surface area contributed by atoms with Crippen LogP contribution >= 0.6 is 0 Å². The van der Waals surface area contributed by atoms with E-state index in [1.54, 1.807) is 0 Å². The summed E-state index contributed by atoms with van der Waals surface area (Å²) in [6.07, 6.45) is 0.917. The van der Waals surface area contributed by atoms with E-state index in [1.165, 1.54) is 0 Å². The predicted octanol–water partition coefficient (Wildman–Crippen LogP) is 1.31. The van der Waals surface area contributed by atoms with Gasteiger partial charge in [-0.25, -0.2) is 9.97 Å². The van der Waals surface area contributed by atoms with Crippen LogP contribution in [-0.4, -0.2) is 66.1 Å². The van der Waals surface area contributed by atoms with Crippen LogP contribution in [0, 0.1) is 13.8 Å². The Morgan fingerprint density at radius 1 is 1.20 bits per heavy atom. The number of rotatable bonds is 4. The van der Waals surface area contributed by atoms with E-state index >= 15 is 0 Å². The highest BCUT2D eigenvalue weighted by atomic mass is 15.3. The molecule has 20 heavy (non-hydrogen) atoms. The lowest BCUT2D eigenvalue weighted by atomic mass is 10.1. The molecule has 1 aliphatic heterocycles. The van der Waals surface area contributed by atoms with Crippen molar-refractivity contribution in [2.24, 2.45) is 0 Å². The second-order valence-corrected chi connectivity index (χ2v) is 5.83. The summed E-state index contributed by atoms with van der Waals surface area (Å²) in [6.45, 7) is 10.5. The Bertz CT molecular complexity index is 460. The van der Waals surface area contributed by atoms with Gasteiger partial charge in [0.15, 0.2) is 0 Å². The minimum absolute atomic E-state index is 0.505. The van der Waals surface area contributed by atoms with Crippen molar-refractivity contribution in [2.75, 3.05) is 45.6 Å². The van der Waals surface area contributed by atoms with E-state index in [4.69, 9.17) is 4.98 Å². The molecule has 1 aromatic rings. The first-order valence-corrected chi connectivity index (χ1v) is 7.48. The lowest BCUT2D eigenvalue weighted by molar-refractivity contribution is 0.113. The lowest BCUT2D eigenvalue weighted by Gasteiger charge is -2.37. The van der Waals surface area contributed by atoms with Gasteiger partial charge in [0.05, 0.1) is 0 Å². The summed E-state index contributed by atoms with van der Waals surface area (Å²) in [5, 5.41) is 3.34. The Kier molecular flexibility index (Phi) is 4.94. The van der Waals surface area contributed by atoms with E-state index in [-0.39, 0.29) is 0 Å². The van der Waals surface area contributed by atoms with Gasteiger partial charge in [0.25, 0.3) is 0 Å². The molecule has 1 saturated heterocycles. The van der Waals surface area contributed by atoms with E-state index in [0.717, 1.165) is 55.5 Å². The zero-order valence-corrected chi connectivity index (χ0v) is 13.4. The molecule has 1 atom stereocenters. The van der Waals surface area contributed by atoms with Gasteiger partial charge in [-0.05, 0) is 34.9 Å². The van der Waals surface area contributed by atoms with Crippen LogP contribution in [-0.2, 0) is 6.42 Å². The maximum Gasteiger partial charge on any atom is 0.132 e. The third-order valence-electron chi connectivity index (χ3n) is 4.18. The summed E-state index contributed by atoms with van der Waals surface area (Å²) < 4.78 is 0. The first kappa shape index (κ1) is 15.2. The third kappa shape index (κ3) is 3.46. The number of hydrogen-bond donors (Lipinski definition) is 1. The van der Waals surface area contributed by atoms with Crippen LogP contribution in [0.25, 0.3) is 0 Å². The van der Waals surface area contributed by atoms with Crippen molar-refractivity contribution in [3.05, 3.63) is 17.1 Å². The number of nitrogens with one attached hydrogen (secondary N) is 1. The average Bonchev–Trinajstić information content (AvgIpc) is 2.40. The van der Waals surface area contributed by atoms with Crippen LogP contribution in [0.5, 0.6) is 0 Å². The van der Waals surface area contributed by atoms with Crippen LogP contribution in [0.1, 0.15) is 24.0 Å². The summed E-state index contributed by atoms with van der Waals surface area (Å²) in [7, 11) is 4.38. The van der Waals surface area contributed by atoms with Gasteiger partial charge in [-0.3, -0.25) is 0 Å². The Morgan fingerprint density at radius 2 is 1.95 bits per heavy atom. The number of nitrogens with zero attached hydrogens (tertiary/aromatic N) is 4. The highest BCUT2D eigenvalue weighted by Gasteiger charge is 2.23. The van der Waals surface area contributed by atoms with Gasteiger partial charge in [-0.2, -0.15) is 0 Å². The van der Waals surface area contributed by atoms with Gasteiger partial charge in [0.1, 0.15) is 11.6 Å². The maximum atomic E-state index is 4.71. The zero-order chi connectivity index (χ0) is 14.7. The van der Waals surface area contributed by atoms with Gasteiger partial charge in [0.2, 0.25) is 0 Å². The number of hydrogen-bond acceptors (Lipinski definition) is 5. The average molecular weight is 277 g/mol. The van der Waals surface area contributed by atoms with Crippen molar-refractivity contribution >= 4 is 5.82 Å². The molecule has 0 aromatic carbocycles. The van der Waals surface area contributed by atoms with E-state index < -0.39 is 0 Å². The molecule has 1 fully saturated rings. The summed E-state index contributed by atoms with van der Waals surface area (Å²) in [4.78, 5) is 14.2. The first-order chi connectivity index (χ1) is 9.51. The highest BCUT2D eigenvalue weighted by Crippen LogP contribution is 2.17. The summed E-state index contributed by atoms with van der Waals surface area (Å²) in [5.74, 6) is 1.94. The minimum atomic E-state index is 0.505. The monoisotopic (exact) mass is 277 g/mol. The molecule has 0 radical (unpaired) electrons. The Balaban J connectivity index is 2.16. The molecule has 0 spiro atoms. The van der Waals surface area contributed by atoms with Gasteiger partial charge in [-0.15, -0.1) is 0 Å². The minimum Gasteiger partial charge on any atom is -0.370 e. The molecule has 0 bridgehead atoms. The summed E-state index contributed by atoms with van der Waals surface area (Å²) in [5.41, 5.74) is 2.24. The molecule has 5 nitrogen and oxygen atoms in total. The van der Waals surface area contributed by atoms with Gasteiger partial charge >= 0.3 is 0 Å². The SMILES string of the molecule is CCNc1nc(CC2CN(C)CCN2C)nc(C)c1C. The smallest absolute Gasteiger partial charge is 0.132 e. The highest BCUT2D eigenvalue weighted by molar-refractivity contribution is 5.45. The van der Waals surface area contributed by atoms with Crippen molar-refractivity contribution in [3.63, 3.8) is 0 Å². The second kappa shape index (κ2) is 6.50. The van der Waals surface area contributed by atoms with Gasteiger partial charge in [0, 0.05) is 49.9 Å². The number of aromatic nitrogens is 2. The molecule has 1 unspecified atom stereocenters. The largest absolute Gasteiger partial charge is 0.370 e. The molecule has 1 N–H and O–H groups in total. The maximum absolute atomic E-state index is 4.71. The van der Waals surface area contributed by atoms with Crippen LogP contribution in [0.2, 0.25) is 0 Å². The molecule has 1 aromatic heterocycles. The topological polar surface area (TPSA) is 44.3 Å². The lowest BCUT2D eigenvalue weighted by Crippen LogP contribution is -2.51. The van der Waals surface area contributed by atoms with Crippen LogP contribution in [0.15, 0.2) is 0 Å². The van der Waals surface area contributed by atoms with Crippen LogP contribution < -0.4 is 5.32 Å². The summed E-state index contributed by atoms with van der Waals surface area (Å²) in [6, 6.07) is 0.505. The fourth-order valence-electron chi connectivity index (χ4n) is 2.65. The molecule has 1 aliphatic rings. The number of anilines is 1. The normalized spacial score (nSPS) is 21.1. The van der Waals surface area contributed by atoms with Gasteiger partial charge < -0.3 is 15.1 Å². The quantitative estimate of drug-likeness (QED) is 0.899. The van der Waals surface area contributed by atoms with Gasteiger partial charge in [-0.1, -0.05) is 0 Å². The standard InChI is InChI=1S/C15H27N5/c1-6-16-15-11(2)12(3)17-14(18-15)9-13-10-19(4)7-8-20(13)5/h13H,6-10H2,1-5H3,(H,16,17,18). The fourth-order valence-corrected chi connectivity index (χ4v) is 2.65. The van der Waals surface area contributed by atoms with Crippen molar-refractivity contribution in [3.8, 4) is 0 Å².